The smallest absolute Gasteiger partial charge is 0.423 e. The molecular formula is C23H30F3N5O2S. The second kappa shape index (κ2) is 11.0. The summed E-state index contributed by atoms with van der Waals surface area (Å²) in [6, 6.07) is 7.97. The molecule has 1 atom stereocenters. The van der Waals surface area contributed by atoms with Gasteiger partial charge in [-0.2, -0.15) is 18.2 Å². The van der Waals surface area contributed by atoms with Gasteiger partial charge in [0.05, 0.1) is 12.0 Å². The largest absolute Gasteiger partial charge is 0.480 e. The number of piperidine rings is 2. The summed E-state index contributed by atoms with van der Waals surface area (Å²) in [7, 11) is -0.106. The standard InChI is InChI=1S/C23H30F3N5O2S/c1-33-21-20(23(24,25)26)15-27-22(29-21)28-18-8-12-31(13-9-18)34(32)19-7-5-6-17(14-19)16-30-10-3-2-4-11-30/h5-7,14-15,18H,2-4,8-13,16H2,1H3,(H,27,28,29). The minimum Gasteiger partial charge on any atom is -0.480 e. The van der Waals surface area contributed by atoms with Crippen LogP contribution in [0.1, 0.15) is 43.2 Å². The Morgan fingerprint density at radius 2 is 1.88 bits per heavy atom. The van der Waals surface area contributed by atoms with Crippen molar-refractivity contribution in [3.63, 3.8) is 0 Å². The van der Waals surface area contributed by atoms with E-state index in [1.165, 1.54) is 24.8 Å². The van der Waals surface area contributed by atoms with E-state index in [2.05, 4.69) is 26.3 Å². The average Bonchev–Trinajstić information content (AvgIpc) is 2.84. The third kappa shape index (κ3) is 6.25. The number of alkyl halides is 3. The molecular weight excluding hydrogens is 467 g/mol. The number of rotatable bonds is 7. The number of hydrogen-bond donors (Lipinski definition) is 1. The Labute approximate surface area is 200 Å². The number of hydrogen-bond acceptors (Lipinski definition) is 6. The number of ether oxygens (including phenoxy) is 1. The highest BCUT2D eigenvalue weighted by Crippen LogP contribution is 2.35. The van der Waals surface area contributed by atoms with Gasteiger partial charge in [-0.25, -0.2) is 13.5 Å². The SMILES string of the molecule is COc1nc(NC2CCN(S(=O)c3cccc(CN4CCCCC4)c3)CC2)ncc1C(F)(F)F. The zero-order chi connectivity index (χ0) is 24.1. The van der Waals surface area contributed by atoms with Crippen molar-refractivity contribution in [3.8, 4) is 5.88 Å². The first kappa shape index (κ1) is 24.9. The lowest BCUT2D eigenvalue weighted by Crippen LogP contribution is -2.40. The Kier molecular flexibility index (Phi) is 8.05. The van der Waals surface area contributed by atoms with Crippen LogP contribution in [0, 0.1) is 0 Å². The van der Waals surface area contributed by atoms with Gasteiger partial charge in [0, 0.05) is 31.9 Å². The summed E-state index contributed by atoms with van der Waals surface area (Å²) < 4.78 is 58.9. The van der Waals surface area contributed by atoms with Crippen molar-refractivity contribution in [2.24, 2.45) is 0 Å². The van der Waals surface area contributed by atoms with Crippen LogP contribution in [0.25, 0.3) is 0 Å². The minimum atomic E-state index is -4.58. The molecule has 2 aliphatic heterocycles. The molecule has 0 aliphatic carbocycles. The Bertz CT molecular complexity index is 993. The molecule has 3 heterocycles. The summed E-state index contributed by atoms with van der Waals surface area (Å²) in [6.07, 6.45) is 1.26. The van der Waals surface area contributed by atoms with Crippen LogP contribution in [0.2, 0.25) is 0 Å². The number of nitrogens with zero attached hydrogens (tertiary/aromatic N) is 4. The van der Waals surface area contributed by atoms with E-state index in [9.17, 15) is 17.4 Å². The second-order valence-corrected chi connectivity index (χ2v) is 10.2. The van der Waals surface area contributed by atoms with Crippen molar-refractivity contribution < 1.29 is 22.1 Å². The zero-order valence-corrected chi connectivity index (χ0v) is 20.0. The maximum absolute atomic E-state index is 13.2. The van der Waals surface area contributed by atoms with Crippen molar-refractivity contribution in [3.05, 3.63) is 41.6 Å². The first-order chi connectivity index (χ1) is 16.3. The lowest BCUT2D eigenvalue weighted by atomic mass is 10.1. The van der Waals surface area contributed by atoms with Gasteiger partial charge in [0.15, 0.2) is 0 Å². The summed E-state index contributed by atoms with van der Waals surface area (Å²) >= 11 is 0. The van der Waals surface area contributed by atoms with Gasteiger partial charge in [0.1, 0.15) is 16.5 Å². The van der Waals surface area contributed by atoms with Gasteiger partial charge in [-0.15, -0.1) is 0 Å². The number of aromatic nitrogens is 2. The number of benzene rings is 1. The van der Waals surface area contributed by atoms with Gasteiger partial charge in [0.2, 0.25) is 11.8 Å². The van der Waals surface area contributed by atoms with E-state index < -0.39 is 28.6 Å². The van der Waals surface area contributed by atoms with Crippen LogP contribution in [-0.4, -0.2) is 62.7 Å². The fourth-order valence-electron chi connectivity index (χ4n) is 4.41. The molecule has 1 aromatic carbocycles. The molecule has 186 valence electrons. The average molecular weight is 498 g/mol. The van der Waals surface area contributed by atoms with Crippen LogP contribution < -0.4 is 10.1 Å². The minimum absolute atomic E-state index is 0.0277. The van der Waals surface area contributed by atoms with E-state index in [4.69, 9.17) is 4.74 Å². The normalized spacial score (nSPS) is 19.6. The lowest BCUT2D eigenvalue weighted by Gasteiger charge is -2.31. The van der Waals surface area contributed by atoms with Gasteiger partial charge in [0.25, 0.3) is 0 Å². The van der Waals surface area contributed by atoms with Crippen molar-refractivity contribution in [2.75, 3.05) is 38.6 Å². The summed E-state index contributed by atoms with van der Waals surface area (Å²) in [5.41, 5.74) is 0.172. The van der Waals surface area contributed by atoms with Crippen molar-refractivity contribution in [2.45, 2.75) is 55.8 Å². The number of anilines is 1. The highest BCUT2D eigenvalue weighted by molar-refractivity contribution is 7.82. The number of likely N-dealkylation sites (tertiary alicyclic amines) is 1. The maximum atomic E-state index is 13.2. The highest BCUT2D eigenvalue weighted by atomic mass is 32.2. The Hall–Kier alpha value is -2.24. The fraction of sp³-hybridized carbons (Fsp3) is 0.565. The fourth-order valence-corrected chi connectivity index (χ4v) is 5.70. The quantitative estimate of drug-likeness (QED) is 0.622. The third-order valence-electron chi connectivity index (χ3n) is 6.23. The molecule has 2 aliphatic rings. The summed E-state index contributed by atoms with van der Waals surface area (Å²) in [5.74, 6) is -0.414. The Morgan fingerprint density at radius 3 is 2.56 bits per heavy atom. The molecule has 4 rings (SSSR count). The predicted octanol–water partition coefficient (Wildman–Crippen LogP) is 4.09. The van der Waals surface area contributed by atoms with Gasteiger partial charge in [-0.05, 0) is 56.5 Å². The van der Waals surface area contributed by atoms with Crippen molar-refractivity contribution >= 4 is 16.9 Å². The van der Waals surface area contributed by atoms with E-state index in [1.807, 2.05) is 22.5 Å². The summed E-state index contributed by atoms with van der Waals surface area (Å²) in [6.45, 7) is 4.30. The molecule has 0 saturated carbocycles. The maximum Gasteiger partial charge on any atom is 0.423 e. The summed E-state index contributed by atoms with van der Waals surface area (Å²) in [5, 5.41) is 3.09. The van der Waals surface area contributed by atoms with Crippen LogP contribution in [0.5, 0.6) is 5.88 Å². The Morgan fingerprint density at radius 1 is 1.15 bits per heavy atom. The van der Waals surface area contributed by atoms with Crippen LogP contribution in [-0.2, 0) is 23.7 Å². The molecule has 2 saturated heterocycles. The van der Waals surface area contributed by atoms with E-state index in [1.54, 1.807) is 0 Å². The first-order valence-electron chi connectivity index (χ1n) is 11.6. The zero-order valence-electron chi connectivity index (χ0n) is 19.2. The molecule has 2 fully saturated rings. The van der Waals surface area contributed by atoms with E-state index >= 15 is 0 Å². The molecule has 2 aromatic rings. The predicted molar refractivity (Wildman–Crippen MR) is 124 cm³/mol. The molecule has 7 nitrogen and oxygen atoms in total. The second-order valence-electron chi connectivity index (χ2n) is 8.70. The van der Waals surface area contributed by atoms with Crippen molar-refractivity contribution in [1.82, 2.24) is 19.2 Å². The highest BCUT2D eigenvalue weighted by Gasteiger charge is 2.36. The molecule has 0 bridgehead atoms. The van der Waals surface area contributed by atoms with Gasteiger partial charge in [-0.1, -0.05) is 18.6 Å². The van der Waals surface area contributed by atoms with E-state index in [0.717, 1.165) is 37.8 Å². The molecule has 1 aromatic heterocycles. The molecule has 34 heavy (non-hydrogen) atoms. The van der Waals surface area contributed by atoms with Gasteiger partial charge >= 0.3 is 6.18 Å². The number of halogens is 3. The first-order valence-corrected chi connectivity index (χ1v) is 12.7. The molecule has 0 radical (unpaired) electrons. The molecule has 1 unspecified atom stereocenters. The topological polar surface area (TPSA) is 70.6 Å². The molecule has 0 spiro atoms. The monoisotopic (exact) mass is 497 g/mol. The van der Waals surface area contributed by atoms with E-state index in [0.29, 0.717) is 25.9 Å². The summed E-state index contributed by atoms with van der Waals surface area (Å²) in [4.78, 5) is 10.9. The molecule has 11 heteroatoms. The lowest BCUT2D eigenvalue weighted by molar-refractivity contribution is -0.139. The van der Waals surface area contributed by atoms with Crippen LogP contribution in [0.4, 0.5) is 19.1 Å². The molecule has 0 amide bonds. The molecule has 1 N–H and O–H groups in total. The van der Waals surface area contributed by atoms with Crippen LogP contribution >= 0.6 is 0 Å². The van der Waals surface area contributed by atoms with Crippen LogP contribution in [0.3, 0.4) is 0 Å². The van der Waals surface area contributed by atoms with E-state index in [-0.39, 0.29) is 12.0 Å². The van der Waals surface area contributed by atoms with Crippen LogP contribution in [0.15, 0.2) is 35.4 Å². The number of methoxy groups -OCH3 is 1. The number of nitrogens with one attached hydrogen (secondary N) is 1. The van der Waals surface area contributed by atoms with Gasteiger partial charge < -0.3 is 10.1 Å². The van der Waals surface area contributed by atoms with Gasteiger partial charge in [-0.3, -0.25) is 4.90 Å². The third-order valence-corrected chi connectivity index (χ3v) is 7.72. The Balaban J connectivity index is 1.32. The van der Waals surface area contributed by atoms with Crippen molar-refractivity contribution in [1.29, 1.82) is 0 Å².